The average Bonchev–Trinajstić information content (AvgIpc) is 2.92. The summed E-state index contributed by atoms with van der Waals surface area (Å²) in [5, 5.41) is 3.49. The van der Waals surface area contributed by atoms with Gasteiger partial charge in [-0.2, -0.15) is 0 Å². The summed E-state index contributed by atoms with van der Waals surface area (Å²) in [5.74, 6) is 0.270. The number of nitrogens with one attached hydrogen (secondary N) is 1. The maximum atomic E-state index is 12.2. The minimum Gasteiger partial charge on any atom is -0.381 e. The van der Waals surface area contributed by atoms with Crippen molar-refractivity contribution in [2.45, 2.75) is 63.6 Å². The molecule has 1 aliphatic carbocycles. The maximum absolute atomic E-state index is 12.2. The number of rotatable bonds is 4. The van der Waals surface area contributed by atoms with Crippen LogP contribution in [0.25, 0.3) is 0 Å². The van der Waals surface area contributed by atoms with Gasteiger partial charge < -0.3 is 15.0 Å². The third-order valence-corrected chi connectivity index (χ3v) is 4.23. The monoisotopic (exact) mass is 254 g/mol. The molecule has 0 aromatic carbocycles. The Kier molecular flexibility index (Phi) is 5.01. The number of nitrogens with zero attached hydrogens (tertiary/aromatic N) is 1. The Bertz CT molecular complexity index is 277. The van der Waals surface area contributed by atoms with Crippen LogP contribution in [0.3, 0.4) is 0 Å². The van der Waals surface area contributed by atoms with E-state index in [0.29, 0.717) is 12.1 Å². The predicted octanol–water partition coefficient (Wildman–Crippen LogP) is 1.54. The normalized spacial score (nSPS) is 30.4. The van der Waals surface area contributed by atoms with Gasteiger partial charge in [0.15, 0.2) is 0 Å². The van der Waals surface area contributed by atoms with Gasteiger partial charge in [0.25, 0.3) is 0 Å². The molecule has 2 fully saturated rings. The van der Waals surface area contributed by atoms with Crippen LogP contribution >= 0.6 is 0 Å². The van der Waals surface area contributed by atoms with Gasteiger partial charge in [-0.3, -0.25) is 4.79 Å². The Labute approximate surface area is 110 Å². The van der Waals surface area contributed by atoms with Gasteiger partial charge in [-0.15, -0.1) is 0 Å². The second-order valence-corrected chi connectivity index (χ2v) is 5.64. The molecule has 0 aromatic heterocycles. The van der Waals surface area contributed by atoms with E-state index in [0.717, 1.165) is 45.2 Å². The lowest BCUT2D eigenvalue weighted by Gasteiger charge is -2.31. The molecule has 1 heterocycles. The fourth-order valence-electron chi connectivity index (χ4n) is 3.15. The third-order valence-electron chi connectivity index (χ3n) is 4.23. The topological polar surface area (TPSA) is 41.6 Å². The number of hydrogen-bond acceptors (Lipinski definition) is 3. The summed E-state index contributed by atoms with van der Waals surface area (Å²) in [7, 11) is 1.78. The minimum atomic E-state index is -0.0521. The van der Waals surface area contributed by atoms with Gasteiger partial charge >= 0.3 is 0 Å². The molecule has 104 valence electrons. The highest BCUT2D eigenvalue weighted by Crippen LogP contribution is 2.21. The van der Waals surface area contributed by atoms with Crippen LogP contribution in [0, 0.1) is 0 Å². The standard InChI is InChI=1S/C14H26N2O2/c1-11(14(17)16-8-3-4-9-16)15-12-6-5-7-13(10-12)18-2/h11-13,15H,3-10H2,1-2H3. The van der Waals surface area contributed by atoms with Gasteiger partial charge in [0.05, 0.1) is 12.1 Å². The molecule has 18 heavy (non-hydrogen) atoms. The van der Waals surface area contributed by atoms with E-state index in [-0.39, 0.29) is 11.9 Å². The van der Waals surface area contributed by atoms with Gasteiger partial charge in [-0.05, 0) is 45.4 Å². The number of methoxy groups -OCH3 is 1. The molecule has 1 aliphatic heterocycles. The van der Waals surface area contributed by atoms with Gasteiger partial charge in [0.1, 0.15) is 0 Å². The lowest BCUT2D eigenvalue weighted by atomic mass is 9.92. The lowest BCUT2D eigenvalue weighted by Crippen LogP contribution is -2.49. The van der Waals surface area contributed by atoms with Gasteiger partial charge in [0, 0.05) is 26.2 Å². The number of amides is 1. The Morgan fingerprint density at radius 2 is 2.00 bits per heavy atom. The molecule has 4 heteroatoms. The van der Waals surface area contributed by atoms with E-state index in [9.17, 15) is 4.79 Å². The molecule has 1 N–H and O–H groups in total. The molecule has 3 atom stereocenters. The summed E-state index contributed by atoms with van der Waals surface area (Å²) in [5.41, 5.74) is 0. The van der Waals surface area contributed by atoms with Crippen LogP contribution < -0.4 is 5.32 Å². The fourth-order valence-corrected chi connectivity index (χ4v) is 3.15. The van der Waals surface area contributed by atoms with Crippen molar-refractivity contribution >= 4 is 5.91 Å². The first-order valence-electron chi connectivity index (χ1n) is 7.28. The van der Waals surface area contributed by atoms with Crippen molar-refractivity contribution in [2.24, 2.45) is 0 Å². The first kappa shape index (κ1) is 13.8. The molecule has 1 saturated heterocycles. The molecule has 0 spiro atoms. The predicted molar refractivity (Wildman–Crippen MR) is 71.5 cm³/mol. The van der Waals surface area contributed by atoms with Crippen LogP contribution in [0.2, 0.25) is 0 Å². The molecular weight excluding hydrogens is 228 g/mol. The number of hydrogen-bond donors (Lipinski definition) is 1. The second kappa shape index (κ2) is 6.53. The highest BCUT2D eigenvalue weighted by atomic mass is 16.5. The molecule has 3 unspecified atom stereocenters. The Morgan fingerprint density at radius 1 is 1.28 bits per heavy atom. The van der Waals surface area contributed by atoms with Crippen LogP contribution in [0.1, 0.15) is 45.4 Å². The van der Waals surface area contributed by atoms with E-state index < -0.39 is 0 Å². The molecule has 2 rings (SSSR count). The van der Waals surface area contributed by atoms with Crippen molar-refractivity contribution < 1.29 is 9.53 Å². The molecule has 0 radical (unpaired) electrons. The molecule has 4 nitrogen and oxygen atoms in total. The Hall–Kier alpha value is -0.610. The van der Waals surface area contributed by atoms with Crippen LogP contribution in [0.4, 0.5) is 0 Å². The summed E-state index contributed by atoms with van der Waals surface area (Å²) in [6, 6.07) is 0.383. The van der Waals surface area contributed by atoms with Crippen molar-refractivity contribution in [2.75, 3.05) is 20.2 Å². The number of ether oxygens (including phenoxy) is 1. The number of carbonyl (C=O) groups excluding carboxylic acids is 1. The van der Waals surface area contributed by atoms with Gasteiger partial charge in [0.2, 0.25) is 5.91 Å². The first-order chi connectivity index (χ1) is 8.70. The number of carbonyl (C=O) groups is 1. The third kappa shape index (κ3) is 3.45. The minimum absolute atomic E-state index is 0.0521. The van der Waals surface area contributed by atoms with E-state index >= 15 is 0 Å². The lowest BCUT2D eigenvalue weighted by molar-refractivity contribution is -0.132. The van der Waals surface area contributed by atoms with E-state index in [1.807, 2.05) is 11.8 Å². The van der Waals surface area contributed by atoms with E-state index in [1.54, 1.807) is 7.11 Å². The molecule has 0 aromatic rings. The molecular formula is C14H26N2O2. The summed E-state index contributed by atoms with van der Waals surface area (Å²) >= 11 is 0. The van der Waals surface area contributed by atoms with Crippen LogP contribution in [-0.4, -0.2) is 49.2 Å². The van der Waals surface area contributed by atoms with E-state index in [1.165, 1.54) is 6.42 Å². The zero-order chi connectivity index (χ0) is 13.0. The fraction of sp³-hybridized carbons (Fsp3) is 0.929. The van der Waals surface area contributed by atoms with E-state index in [2.05, 4.69) is 5.32 Å². The molecule has 2 aliphatic rings. The highest BCUT2D eigenvalue weighted by molar-refractivity contribution is 5.81. The first-order valence-corrected chi connectivity index (χ1v) is 7.28. The van der Waals surface area contributed by atoms with Crippen LogP contribution in [0.15, 0.2) is 0 Å². The SMILES string of the molecule is COC1CCCC(NC(C)C(=O)N2CCCC2)C1. The average molecular weight is 254 g/mol. The van der Waals surface area contributed by atoms with Crippen molar-refractivity contribution in [3.8, 4) is 0 Å². The molecule has 0 bridgehead atoms. The summed E-state index contributed by atoms with van der Waals surface area (Å²) in [4.78, 5) is 14.2. The zero-order valence-corrected chi connectivity index (χ0v) is 11.7. The van der Waals surface area contributed by atoms with Crippen molar-refractivity contribution in [3.63, 3.8) is 0 Å². The van der Waals surface area contributed by atoms with E-state index in [4.69, 9.17) is 4.74 Å². The maximum Gasteiger partial charge on any atom is 0.239 e. The Balaban J connectivity index is 1.78. The molecule has 1 amide bonds. The summed E-state index contributed by atoms with van der Waals surface area (Å²) in [6.45, 7) is 3.88. The Morgan fingerprint density at radius 3 is 2.67 bits per heavy atom. The highest BCUT2D eigenvalue weighted by Gasteiger charge is 2.27. The van der Waals surface area contributed by atoms with Crippen molar-refractivity contribution in [3.05, 3.63) is 0 Å². The summed E-state index contributed by atoms with van der Waals surface area (Å²) in [6.07, 6.45) is 7.24. The van der Waals surface area contributed by atoms with Gasteiger partial charge in [-0.1, -0.05) is 0 Å². The smallest absolute Gasteiger partial charge is 0.239 e. The van der Waals surface area contributed by atoms with Crippen molar-refractivity contribution in [1.82, 2.24) is 10.2 Å². The second-order valence-electron chi connectivity index (χ2n) is 5.64. The van der Waals surface area contributed by atoms with Crippen LogP contribution in [-0.2, 0) is 9.53 Å². The molecule has 1 saturated carbocycles. The zero-order valence-electron chi connectivity index (χ0n) is 11.7. The largest absolute Gasteiger partial charge is 0.381 e. The quantitative estimate of drug-likeness (QED) is 0.827. The van der Waals surface area contributed by atoms with Crippen molar-refractivity contribution in [1.29, 1.82) is 0 Å². The van der Waals surface area contributed by atoms with Crippen LogP contribution in [0.5, 0.6) is 0 Å². The number of likely N-dealkylation sites (tertiary alicyclic amines) is 1. The summed E-state index contributed by atoms with van der Waals surface area (Å²) < 4.78 is 5.43. The van der Waals surface area contributed by atoms with Gasteiger partial charge in [-0.25, -0.2) is 0 Å².